The summed E-state index contributed by atoms with van der Waals surface area (Å²) >= 11 is 0. The van der Waals surface area contributed by atoms with Crippen LogP contribution in [-0.4, -0.2) is 0 Å². The summed E-state index contributed by atoms with van der Waals surface area (Å²) in [6, 6.07) is 0. The van der Waals surface area contributed by atoms with Crippen LogP contribution in [-0.2, 0) is 0 Å². The molecule has 0 spiro atoms. The Labute approximate surface area is 79.5 Å². The van der Waals surface area contributed by atoms with E-state index < -0.39 is 0 Å². The van der Waals surface area contributed by atoms with Gasteiger partial charge in [-0.05, 0) is 37.1 Å². The first-order chi connectivity index (χ1) is 6.16. The lowest BCUT2D eigenvalue weighted by atomic mass is 9.94. The average molecular weight is 172 g/mol. The fourth-order valence-corrected chi connectivity index (χ4v) is 1.55. The second-order valence-electron chi connectivity index (χ2n) is 3.67. The summed E-state index contributed by atoms with van der Waals surface area (Å²) in [6.07, 6.45) is 8.71. The van der Waals surface area contributed by atoms with Crippen LogP contribution in [0.25, 0.3) is 0 Å². The third kappa shape index (κ3) is 1.46. The van der Waals surface area contributed by atoms with Crippen LogP contribution in [0.2, 0.25) is 0 Å². The minimum absolute atomic E-state index is 1.23. The van der Waals surface area contributed by atoms with Crippen molar-refractivity contribution in [2.45, 2.75) is 20.8 Å². The van der Waals surface area contributed by atoms with E-state index in [1.807, 2.05) is 0 Å². The molecule has 0 aromatic rings. The van der Waals surface area contributed by atoms with Crippen LogP contribution in [0.1, 0.15) is 20.8 Å². The Morgan fingerprint density at radius 1 is 1.00 bits per heavy atom. The summed E-state index contributed by atoms with van der Waals surface area (Å²) < 4.78 is 0. The Morgan fingerprint density at radius 3 is 2.54 bits per heavy atom. The molecule has 0 atom stereocenters. The minimum Gasteiger partial charge on any atom is -0.359 e. The van der Waals surface area contributed by atoms with Crippen LogP contribution in [0.3, 0.4) is 0 Å². The highest BCUT2D eigenvalue weighted by Gasteiger charge is 2.14. The first-order valence-corrected chi connectivity index (χ1v) is 4.57. The van der Waals surface area contributed by atoms with Crippen molar-refractivity contribution in [3.63, 3.8) is 0 Å². The number of nitrogens with one attached hydrogen (secondary N) is 1. The van der Waals surface area contributed by atoms with Crippen molar-refractivity contribution < 1.29 is 0 Å². The van der Waals surface area contributed by atoms with Crippen LogP contribution < -0.4 is 5.32 Å². The number of allylic oxidation sites excluding steroid dienone is 6. The van der Waals surface area contributed by atoms with Gasteiger partial charge in [-0.25, -0.2) is 0 Å². The van der Waals surface area contributed by atoms with Gasteiger partial charge in [-0.1, -0.05) is 19.1 Å². The van der Waals surface area contributed by atoms with E-state index in [0.29, 0.717) is 0 Å². The van der Waals surface area contributed by atoms with E-state index in [4.69, 9.17) is 0 Å². The topological polar surface area (TPSA) is 12.0 Å². The molecule has 1 aliphatic carbocycles. The molecule has 0 aromatic heterocycles. The van der Waals surface area contributed by atoms with Crippen molar-refractivity contribution in [2.75, 3.05) is 0 Å². The smallest absolute Gasteiger partial charge is 0.0424 e. The molecule has 0 amide bonds. The Bertz CT molecular complexity index is 353. The summed E-state index contributed by atoms with van der Waals surface area (Å²) in [5.41, 5.74) is 5.08. The van der Waals surface area contributed by atoms with Gasteiger partial charge >= 0.3 is 0 Å². The molecule has 2 rings (SSSR count). The third-order valence-corrected chi connectivity index (χ3v) is 2.49. The first-order valence-electron chi connectivity index (χ1n) is 4.57. The Hall–Kier alpha value is -1.24. The zero-order chi connectivity index (χ0) is 9.42. The van der Waals surface area contributed by atoms with E-state index in [0.717, 1.165) is 0 Å². The lowest BCUT2D eigenvalue weighted by molar-refractivity contribution is 0.932. The molecule has 1 radical (unpaired) electrons. The van der Waals surface area contributed by atoms with E-state index in [1.165, 1.54) is 28.5 Å². The maximum atomic E-state index is 3.40. The van der Waals surface area contributed by atoms with Crippen molar-refractivity contribution in [3.05, 3.63) is 52.8 Å². The molecule has 13 heavy (non-hydrogen) atoms. The molecule has 0 saturated carbocycles. The third-order valence-electron chi connectivity index (χ3n) is 2.49. The van der Waals surface area contributed by atoms with Crippen molar-refractivity contribution >= 4 is 0 Å². The first kappa shape index (κ1) is 8.36. The molecule has 1 heterocycles. The molecule has 2 aliphatic rings. The van der Waals surface area contributed by atoms with Crippen LogP contribution >= 0.6 is 0 Å². The largest absolute Gasteiger partial charge is 0.359 e. The molecule has 1 aliphatic heterocycles. The van der Waals surface area contributed by atoms with Crippen LogP contribution in [0, 0.1) is 5.92 Å². The van der Waals surface area contributed by atoms with Crippen molar-refractivity contribution in [2.24, 2.45) is 0 Å². The highest BCUT2D eigenvalue weighted by molar-refractivity contribution is 5.55. The van der Waals surface area contributed by atoms with Gasteiger partial charge in [-0.2, -0.15) is 0 Å². The Morgan fingerprint density at radius 2 is 1.77 bits per heavy atom. The molecular weight excluding hydrogens is 158 g/mol. The van der Waals surface area contributed by atoms with Crippen molar-refractivity contribution in [3.8, 4) is 0 Å². The number of hydrogen-bond donors (Lipinski definition) is 1. The monoisotopic (exact) mass is 172 g/mol. The molecule has 67 valence electrons. The highest BCUT2D eigenvalue weighted by atomic mass is 14.9. The average Bonchev–Trinajstić information content (AvgIpc) is 2.08. The van der Waals surface area contributed by atoms with Crippen LogP contribution in [0.4, 0.5) is 0 Å². The summed E-state index contributed by atoms with van der Waals surface area (Å²) in [4.78, 5) is 0. The summed E-state index contributed by atoms with van der Waals surface area (Å²) in [6.45, 7) is 6.35. The molecule has 0 unspecified atom stereocenters. The molecule has 0 saturated heterocycles. The predicted molar refractivity (Wildman–Crippen MR) is 55.7 cm³/mol. The Balaban J connectivity index is 2.40. The maximum absolute atomic E-state index is 3.40. The normalized spacial score (nSPS) is 22.1. The van der Waals surface area contributed by atoms with Gasteiger partial charge in [0.1, 0.15) is 0 Å². The van der Waals surface area contributed by atoms with Gasteiger partial charge in [-0.3, -0.25) is 0 Å². The molecular formula is C12H14N. The van der Waals surface area contributed by atoms with Crippen LogP contribution in [0.15, 0.2) is 46.8 Å². The fourth-order valence-electron chi connectivity index (χ4n) is 1.55. The van der Waals surface area contributed by atoms with Crippen LogP contribution in [0.5, 0.6) is 0 Å². The molecule has 0 bridgehead atoms. The number of dihydropyridines is 1. The number of hydrogen-bond acceptors (Lipinski definition) is 1. The van der Waals surface area contributed by atoms with Crippen molar-refractivity contribution in [1.82, 2.24) is 5.32 Å². The summed E-state index contributed by atoms with van der Waals surface area (Å²) in [7, 11) is 0. The second kappa shape index (κ2) is 2.91. The highest BCUT2D eigenvalue weighted by Crippen LogP contribution is 2.26. The van der Waals surface area contributed by atoms with Gasteiger partial charge in [0, 0.05) is 17.3 Å². The molecule has 0 fully saturated rings. The maximum Gasteiger partial charge on any atom is 0.0424 e. The molecule has 1 heteroatoms. The lowest BCUT2D eigenvalue weighted by Crippen LogP contribution is -2.19. The Kier molecular flexibility index (Phi) is 1.87. The van der Waals surface area contributed by atoms with E-state index in [-0.39, 0.29) is 0 Å². The van der Waals surface area contributed by atoms with Gasteiger partial charge in [-0.15, -0.1) is 0 Å². The van der Waals surface area contributed by atoms with Gasteiger partial charge in [0.15, 0.2) is 0 Å². The van der Waals surface area contributed by atoms with Gasteiger partial charge in [0.05, 0.1) is 0 Å². The van der Waals surface area contributed by atoms with Gasteiger partial charge < -0.3 is 5.32 Å². The quantitative estimate of drug-likeness (QED) is 0.592. The fraction of sp³-hybridized carbons (Fsp3) is 0.250. The summed E-state index contributed by atoms with van der Waals surface area (Å²) in [5, 5.41) is 3.40. The van der Waals surface area contributed by atoms with E-state index in [2.05, 4.69) is 50.4 Å². The number of rotatable bonds is 0. The number of fused-ring (bicyclic) bond motifs is 1. The second-order valence-corrected chi connectivity index (χ2v) is 3.67. The molecule has 1 N–H and O–H groups in total. The summed E-state index contributed by atoms with van der Waals surface area (Å²) in [5.74, 6) is 1.30. The SMILES string of the molecule is C[C]1C=CC2=CC(C)=C(C)NC2=C1. The van der Waals surface area contributed by atoms with E-state index in [1.54, 1.807) is 0 Å². The lowest BCUT2D eigenvalue weighted by Gasteiger charge is -2.23. The van der Waals surface area contributed by atoms with Gasteiger partial charge in [0.2, 0.25) is 0 Å². The zero-order valence-electron chi connectivity index (χ0n) is 8.31. The van der Waals surface area contributed by atoms with E-state index in [9.17, 15) is 0 Å². The van der Waals surface area contributed by atoms with E-state index >= 15 is 0 Å². The van der Waals surface area contributed by atoms with Gasteiger partial charge in [0.25, 0.3) is 0 Å². The molecule has 0 aromatic carbocycles. The predicted octanol–water partition coefficient (Wildman–Crippen LogP) is 2.86. The molecule has 1 nitrogen and oxygen atoms in total. The minimum atomic E-state index is 1.23. The standard InChI is InChI=1S/C12H14N/c1-8-4-5-11-7-9(2)10(3)13-12(11)6-8/h4-7,13H,1-3H3. The zero-order valence-corrected chi connectivity index (χ0v) is 8.31. The van der Waals surface area contributed by atoms with Crippen molar-refractivity contribution in [1.29, 1.82) is 0 Å².